The van der Waals surface area contributed by atoms with Crippen molar-refractivity contribution in [1.82, 2.24) is 4.98 Å². The fourth-order valence-electron chi connectivity index (χ4n) is 2.51. The Kier molecular flexibility index (Phi) is 4.99. The Morgan fingerprint density at radius 3 is 2.44 bits per heavy atom. The number of ether oxygens (including phenoxy) is 1. The number of aromatic nitrogens is 1. The molecular formula is C18H16FNO3S2. The number of hydrogen-bond acceptors (Lipinski definition) is 5. The van der Waals surface area contributed by atoms with Gasteiger partial charge in [0.25, 0.3) is 0 Å². The summed E-state index contributed by atoms with van der Waals surface area (Å²) in [6.45, 7) is 0.319. The molecule has 3 aromatic rings. The van der Waals surface area contributed by atoms with Crippen LogP contribution in [0.2, 0.25) is 0 Å². The highest BCUT2D eigenvalue weighted by molar-refractivity contribution is 7.90. The predicted molar refractivity (Wildman–Crippen MR) is 96.8 cm³/mol. The van der Waals surface area contributed by atoms with Crippen molar-refractivity contribution in [2.45, 2.75) is 11.5 Å². The van der Waals surface area contributed by atoms with Gasteiger partial charge >= 0.3 is 0 Å². The summed E-state index contributed by atoms with van der Waals surface area (Å²) >= 11 is 1.40. The van der Waals surface area contributed by atoms with Crippen LogP contribution in [0.15, 0.2) is 53.4 Å². The van der Waals surface area contributed by atoms with Crippen LogP contribution in [0.5, 0.6) is 0 Å². The number of sulfone groups is 1. The van der Waals surface area contributed by atoms with Crippen molar-refractivity contribution in [1.29, 1.82) is 0 Å². The summed E-state index contributed by atoms with van der Waals surface area (Å²) in [5, 5.41) is 0.722. The molecule has 25 heavy (non-hydrogen) atoms. The van der Waals surface area contributed by atoms with Crippen LogP contribution in [0.3, 0.4) is 0 Å². The van der Waals surface area contributed by atoms with E-state index in [0.717, 1.165) is 15.4 Å². The monoisotopic (exact) mass is 377 g/mol. The van der Waals surface area contributed by atoms with E-state index in [1.165, 1.54) is 29.7 Å². The van der Waals surface area contributed by atoms with E-state index in [-0.39, 0.29) is 10.7 Å². The van der Waals surface area contributed by atoms with Crippen LogP contribution in [-0.4, -0.2) is 26.8 Å². The Hall–Kier alpha value is -2.09. The Morgan fingerprint density at radius 2 is 1.80 bits per heavy atom. The van der Waals surface area contributed by atoms with Gasteiger partial charge in [-0.05, 0) is 23.8 Å². The summed E-state index contributed by atoms with van der Waals surface area (Å²) < 4.78 is 42.7. The molecule has 1 aromatic heterocycles. The van der Waals surface area contributed by atoms with Crippen molar-refractivity contribution in [3.8, 4) is 21.7 Å². The van der Waals surface area contributed by atoms with Gasteiger partial charge < -0.3 is 4.74 Å². The molecule has 0 spiro atoms. The van der Waals surface area contributed by atoms with Crippen molar-refractivity contribution in [2.24, 2.45) is 0 Å². The lowest BCUT2D eigenvalue weighted by Gasteiger charge is -2.08. The smallest absolute Gasteiger partial charge is 0.176 e. The molecule has 7 heteroatoms. The van der Waals surface area contributed by atoms with Crippen molar-refractivity contribution in [3.63, 3.8) is 0 Å². The van der Waals surface area contributed by atoms with Gasteiger partial charge in [0.05, 0.1) is 22.1 Å². The lowest BCUT2D eigenvalue weighted by atomic mass is 10.1. The molecule has 3 rings (SSSR count). The SMILES string of the molecule is COCc1nc(-c2ccccc2S(C)(=O)=O)c(-c2ccc(F)cc2)s1. The van der Waals surface area contributed by atoms with E-state index < -0.39 is 9.84 Å². The van der Waals surface area contributed by atoms with Crippen LogP contribution in [0.1, 0.15) is 5.01 Å². The fraction of sp³-hybridized carbons (Fsp3) is 0.167. The third-order valence-electron chi connectivity index (χ3n) is 3.59. The summed E-state index contributed by atoms with van der Waals surface area (Å²) in [7, 11) is -1.84. The summed E-state index contributed by atoms with van der Waals surface area (Å²) in [4.78, 5) is 5.57. The number of benzene rings is 2. The lowest BCUT2D eigenvalue weighted by molar-refractivity contribution is 0.184. The molecule has 0 saturated carbocycles. The first-order valence-corrected chi connectivity index (χ1v) is 10.1. The number of thiazole rings is 1. The Balaban J connectivity index is 2.24. The largest absolute Gasteiger partial charge is 0.378 e. The minimum atomic E-state index is -3.42. The highest BCUT2D eigenvalue weighted by Gasteiger charge is 2.21. The molecule has 0 aliphatic heterocycles. The van der Waals surface area contributed by atoms with E-state index in [9.17, 15) is 12.8 Å². The molecule has 4 nitrogen and oxygen atoms in total. The normalized spacial score (nSPS) is 11.6. The van der Waals surface area contributed by atoms with Crippen molar-refractivity contribution >= 4 is 21.2 Å². The topological polar surface area (TPSA) is 56.3 Å². The van der Waals surface area contributed by atoms with E-state index in [0.29, 0.717) is 17.9 Å². The number of rotatable bonds is 5. The molecule has 0 aliphatic carbocycles. The molecule has 0 bridgehead atoms. The van der Waals surface area contributed by atoms with Gasteiger partial charge in [0.2, 0.25) is 0 Å². The molecule has 1 heterocycles. The van der Waals surface area contributed by atoms with Crippen LogP contribution in [-0.2, 0) is 21.2 Å². The summed E-state index contributed by atoms with van der Waals surface area (Å²) in [5.41, 5.74) is 1.87. The Labute approximate surface area is 149 Å². The molecule has 130 valence electrons. The second-order valence-electron chi connectivity index (χ2n) is 5.49. The van der Waals surface area contributed by atoms with Crippen molar-refractivity contribution < 1.29 is 17.5 Å². The quantitative estimate of drug-likeness (QED) is 0.670. The third kappa shape index (κ3) is 3.78. The minimum Gasteiger partial charge on any atom is -0.378 e. The molecule has 0 aliphatic rings. The second-order valence-corrected chi connectivity index (χ2v) is 8.56. The highest BCUT2D eigenvalue weighted by Crippen LogP contribution is 2.39. The van der Waals surface area contributed by atoms with Gasteiger partial charge in [0.15, 0.2) is 9.84 Å². The number of halogens is 1. The summed E-state index contributed by atoms with van der Waals surface area (Å²) in [6, 6.07) is 12.8. The minimum absolute atomic E-state index is 0.215. The predicted octanol–water partition coefficient (Wildman–Crippen LogP) is 4.17. The van der Waals surface area contributed by atoms with Gasteiger partial charge in [-0.3, -0.25) is 0 Å². The second kappa shape index (κ2) is 7.03. The number of hydrogen-bond donors (Lipinski definition) is 0. The fourth-order valence-corrected chi connectivity index (χ4v) is 4.46. The van der Waals surface area contributed by atoms with Gasteiger partial charge in [-0.15, -0.1) is 11.3 Å². The molecule has 2 aromatic carbocycles. The molecular weight excluding hydrogens is 361 g/mol. The van der Waals surface area contributed by atoms with Gasteiger partial charge in [-0.2, -0.15) is 0 Å². The van der Waals surface area contributed by atoms with Crippen LogP contribution < -0.4 is 0 Å². The molecule has 0 N–H and O–H groups in total. The molecule has 0 radical (unpaired) electrons. The van der Waals surface area contributed by atoms with E-state index in [1.807, 2.05) is 0 Å². The zero-order chi connectivity index (χ0) is 18.0. The average Bonchev–Trinajstić information content (AvgIpc) is 2.99. The standard InChI is InChI=1S/C18H16FNO3S2/c1-23-11-16-20-17(14-5-3-4-6-15(14)25(2,21)22)18(24-16)12-7-9-13(19)10-8-12/h3-10H,11H2,1-2H3. The van der Waals surface area contributed by atoms with Crippen LogP contribution in [0.4, 0.5) is 4.39 Å². The lowest BCUT2D eigenvalue weighted by Crippen LogP contribution is -2.00. The van der Waals surface area contributed by atoms with Crippen LogP contribution in [0.25, 0.3) is 21.7 Å². The van der Waals surface area contributed by atoms with Gasteiger partial charge in [-0.1, -0.05) is 30.3 Å². The Morgan fingerprint density at radius 1 is 1.12 bits per heavy atom. The first-order chi connectivity index (χ1) is 11.9. The van der Waals surface area contributed by atoms with Crippen LogP contribution in [0, 0.1) is 5.82 Å². The third-order valence-corrected chi connectivity index (χ3v) is 5.82. The average molecular weight is 377 g/mol. The zero-order valence-corrected chi connectivity index (χ0v) is 15.3. The van der Waals surface area contributed by atoms with E-state index >= 15 is 0 Å². The van der Waals surface area contributed by atoms with Crippen molar-refractivity contribution in [2.75, 3.05) is 13.4 Å². The summed E-state index contributed by atoms with van der Waals surface area (Å²) in [5.74, 6) is -0.330. The van der Waals surface area contributed by atoms with E-state index in [2.05, 4.69) is 4.98 Å². The maximum atomic E-state index is 13.3. The maximum Gasteiger partial charge on any atom is 0.176 e. The Bertz CT molecular complexity index is 995. The number of methoxy groups -OCH3 is 1. The number of nitrogens with zero attached hydrogens (tertiary/aromatic N) is 1. The van der Waals surface area contributed by atoms with Gasteiger partial charge in [0, 0.05) is 18.9 Å². The molecule has 0 saturated heterocycles. The first kappa shape index (κ1) is 17.7. The van der Waals surface area contributed by atoms with E-state index in [4.69, 9.17) is 4.74 Å². The maximum absolute atomic E-state index is 13.3. The van der Waals surface area contributed by atoms with Gasteiger partial charge in [0.1, 0.15) is 10.8 Å². The van der Waals surface area contributed by atoms with Gasteiger partial charge in [-0.25, -0.2) is 17.8 Å². The highest BCUT2D eigenvalue weighted by atomic mass is 32.2. The van der Waals surface area contributed by atoms with Crippen LogP contribution >= 0.6 is 11.3 Å². The molecule has 0 unspecified atom stereocenters. The molecule has 0 atom stereocenters. The van der Waals surface area contributed by atoms with Crippen molar-refractivity contribution in [3.05, 3.63) is 59.4 Å². The van der Waals surface area contributed by atoms with E-state index in [1.54, 1.807) is 43.5 Å². The zero-order valence-electron chi connectivity index (χ0n) is 13.7. The summed E-state index contributed by atoms with van der Waals surface area (Å²) in [6.07, 6.45) is 1.17. The first-order valence-electron chi connectivity index (χ1n) is 7.44. The molecule has 0 fully saturated rings. The molecule has 0 amide bonds.